The van der Waals surface area contributed by atoms with E-state index in [9.17, 15) is 9.59 Å². The Labute approximate surface area is 181 Å². The molecule has 3 aromatic rings. The van der Waals surface area contributed by atoms with Gasteiger partial charge >= 0.3 is 6.09 Å². The van der Waals surface area contributed by atoms with Crippen molar-refractivity contribution < 1.29 is 19.1 Å². The smallest absolute Gasteiger partial charge is 0.407 e. The normalized spacial score (nSPS) is 11.3. The number of nitrogens with one attached hydrogen (secondary N) is 2. The van der Waals surface area contributed by atoms with Gasteiger partial charge in [-0.1, -0.05) is 42.5 Å². The van der Waals surface area contributed by atoms with Gasteiger partial charge in [0, 0.05) is 12.6 Å². The van der Waals surface area contributed by atoms with Gasteiger partial charge in [-0.2, -0.15) is 0 Å². The summed E-state index contributed by atoms with van der Waals surface area (Å²) in [5.41, 5.74) is 6.47. The zero-order chi connectivity index (χ0) is 21.6. The quantitative estimate of drug-likeness (QED) is 0.434. The molecule has 0 aliphatic heterocycles. The number of fused-ring (bicyclic) bond motifs is 3. The maximum absolute atomic E-state index is 11.8. The van der Waals surface area contributed by atoms with Crippen LogP contribution in [0.1, 0.15) is 23.6 Å². The zero-order valence-corrected chi connectivity index (χ0v) is 17.3. The Morgan fingerprint density at radius 2 is 1.68 bits per heavy atom. The first-order valence-electron chi connectivity index (χ1n) is 10.2. The molecule has 0 spiro atoms. The molecule has 0 saturated carbocycles. The third-order valence-corrected chi connectivity index (χ3v) is 5.03. The fourth-order valence-electron chi connectivity index (χ4n) is 3.65. The summed E-state index contributed by atoms with van der Waals surface area (Å²) in [6.07, 6.45) is 0.325. The number of anilines is 1. The van der Waals surface area contributed by atoms with Gasteiger partial charge in [0.15, 0.2) is 0 Å². The molecule has 1 aliphatic rings. The van der Waals surface area contributed by atoms with Gasteiger partial charge in [-0.15, -0.1) is 0 Å². The maximum atomic E-state index is 11.8. The predicted octanol–water partition coefficient (Wildman–Crippen LogP) is 4.52. The number of amides is 2. The van der Waals surface area contributed by atoms with Gasteiger partial charge in [0.25, 0.3) is 0 Å². The molecule has 31 heavy (non-hydrogen) atoms. The van der Waals surface area contributed by atoms with Crippen LogP contribution in [0, 0.1) is 0 Å². The molecular weight excluding hydrogens is 392 g/mol. The highest BCUT2D eigenvalue weighted by molar-refractivity contribution is 5.90. The molecule has 158 valence electrons. The van der Waals surface area contributed by atoms with Crippen molar-refractivity contribution in [2.45, 2.75) is 20.0 Å². The molecule has 0 heterocycles. The highest BCUT2D eigenvalue weighted by Gasteiger charge is 2.19. The number of hydrogen-bond donors (Lipinski definition) is 2. The minimum atomic E-state index is -0.466. The average molecular weight is 416 g/mol. The minimum absolute atomic E-state index is 0.0799. The molecule has 2 amide bonds. The van der Waals surface area contributed by atoms with E-state index in [1.165, 1.54) is 29.2 Å². The monoisotopic (exact) mass is 416 g/mol. The van der Waals surface area contributed by atoms with E-state index in [2.05, 4.69) is 16.7 Å². The summed E-state index contributed by atoms with van der Waals surface area (Å²) < 4.78 is 11.0. The SMILES string of the molecule is CC(=O)Nc1ccc2c(c1)Cc1cc(OCCNC(=O)OCc3ccccc3)ccc1-2. The third-order valence-electron chi connectivity index (χ3n) is 5.03. The van der Waals surface area contributed by atoms with Gasteiger partial charge in [0.2, 0.25) is 5.91 Å². The van der Waals surface area contributed by atoms with Crippen LogP contribution in [0.5, 0.6) is 5.75 Å². The van der Waals surface area contributed by atoms with E-state index < -0.39 is 6.09 Å². The van der Waals surface area contributed by atoms with Crippen LogP contribution in [-0.2, 0) is 22.6 Å². The molecule has 1 aliphatic carbocycles. The van der Waals surface area contributed by atoms with Gasteiger partial charge in [0.1, 0.15) is 19.0 Å². The van der Waals surface area contributed by atoms with Crippen molar-refractivity contribution in [1.29, 1.82) is 0 Å². The second-order valence-electron chi connectivity index (χ2n) is 7.39. The maximum Gasteiger partial charge on any atom is 0.407 e. The molecule has 0 atom stereocenters. The highest BCUT2D eigenvalue weighted by atomic mass is 16.5. The van der Waals surface area contributed by atoms with Crippen LogP contribution in [0.4, 0.5) is 10.5 Å². The van der Waals surface area contributed by atoms with Crippen LogP contribution < -0.4 is 15.4 Å². The molecule has 3 aromatic carbocycles. The van der Waals surface area contributed by atoms with E-state index in [4.69, 9.17) is 9.47 Å². The lowest BCUT2D eigenvalue weighted by Crippen LogP contribution is -2.28. The van der Waals surface area contributed by atoms with E-state index in [-0.39, 0.29) is 12.5 Å². The molecule has 6 nitrogen and oxygen atoms in total. The summed E-state index contributed by atoms with van der Waals surface area (Å²) in [6.45, 7) is 2.44. The number of hydrogen-bond acceptors (Lipinski definition) is 4. The van der Waals surface area contributed by atoms with Gasteiger partial charge in [0.05, 0.1) is 6.54 Å². The molecule has 0 aromatic heterocycles. The standard InChI is InChI=1S/C25H24N2O4/c1-17(28)27-21-7-9-23-19(14-21)13-20-15-22(8-10-24(20)23)30-12-11-26-25(29)31-16-18-5-3-2-4-6-18/h2-10,14-15H,11-13,16H2,1H3,(H,26,29)(H,27,28). The number of carbonyl (C=O) groups excluding carboxylic acids is 2. The third kappa shape index (κ3) is 5.22. The Morgan fingerprint density at radius 3 is 2.45 bits per heavy atom. The molecule has 0 unspecified atom stereocenters. The fraction of sp³-hybridized carbons (Fsp3) is 0.200. The lowest BCUT2D eigenvalue weighted by atomic mass is 10.1. The average Bonchev–Trinajstić information content (AvgIpc) is 3.12. The Balaban J connectivity index is 1.25. The summed E-state index contributed by atoms with van der Waals surface area (Å²) in [5, 5.41) is 5.52. The molecular formula is C25H24N2O4. The van der Waals surface area contributed by atoms with Crippen LogP contribution in [0.3, 0.4) is 0 Å². The summed E-state index contributed by atoms with van der Waals surface area (Å²) in [5.74, 6) is 0.678. The summed E-state index contributed by atoms with van der Waals surface area (Å²) in [4.78, 5) is 23.1. The first-order chi connectivity index (χ1) is 15.1. The Morgan fingerprint density at radius 1 is 0.935 bits per heavy atom. The van der Waals surface area contributed by atoms with Crippen LogP contribution >= 0.6 is 0 Å². The summed E-state index contributed by atoms with van der Waals surface area (Å²) in [6, 6.07) is 21.5. The number of ether oxygens (including phenoxy) is 2. The number of rotatable bonds is 7. The topological polar surface area (TPSA) is 76.7 Å². The Bertz CT molecular complexity index is 1100. The van der Waals surface area contributed by atoms with E-state index in [0.29, 0.717) is 13.2 Å². The number of carbonyl (C=O) groups is 2. The Kier molecular flexibility index (Phi) is 6.17. The van der Waals surface area contributed by atoms with E-state index in [1.54, 1.807) is 0 Å². The van der Waals surface area contributed by atoms with Gasteiger partial charge in [-0.05, 0) is 58.5 Å². The van der Waals surface area contributed by atoms with E-state index in [1.807, 2.05) is 60.7 Å². The van der Waals surface area contributed by atoms with Crippen molar-refractivity contribution in [1.82, 2.24) is 5.32 Å². The van der Waals surface area contributed by atoms with Crippen LogP contribution in [0.15, 0.2) is 66.7 Å². The molecule has 0 radical (unpaired) electrons. The second-order valence-corrected chi connectivity index (χ2v) is 7.39. The van der Waals surface area contributed by atoms with Crippen molar-refractivity contribution in [2.75, 3.05) is 18.5 Å². The number of alkyl carbamates (subject to hydrolysis) is 1. The van der Waals surface area contributed by atoms with Crippen molar-refractivity contribution in [3.8, 4) is 16.9 Å². The Hall–Kier alpha value is -3.80. The lowest BCUT2D eigenvalue weighted by Gasteiger charge is -2.10. The summed E-state index contributed by atoms with van der Waals surface area (Å²) in [7, 11) is 0. The molecule has 4 rings (SSSR count). The fourth-order valence-corrected chi connectivity index (χ4v) is 3.65. The largest absolute Gasteiger partial charge is 0.492 e. The van der Waals surface area contributed by atoms with Gasteiger partial charge < -0.3 is 20.1 Å². The van der Waals surface area contributed by atoms with Gasteiger partial charge in [-0.25, -0.2) is 4.79 Å². The molecule has 2 N–H and O–H groups in total. The van der Waals surface area contributed by atoms with Crippen molar-refractivity contribution in [2.24, 2.45) is 0 Å². The summed E-state index contributed by atoms with van der Waals surface area (Å²) >= 11 is 0. The zero-order valence-electron chi connectivity index (χ0n) is 17.3. The molecule has 0 saturated heterocycles. The number of benzene rings is 3. The molecule has 0 fully saturated rings. The van der Waals surface area contributed by atoms with Crippen molar-refractivity contribution in [3.63, 3.8) is 0 Å². The van der Waals surface area contributed by atoms with Crippen molar-refractivity contribution >= 4 is 17.7 Å². The highest BCUT2D eigenvalue weighted by Crippen LogP contribution is 2.39. The van der Waals surface area contributed by atoms with Crippen LogP contribution in [0.25, 0.3) is 11.1 Å². The van der Waals surface area contributed by atoms with Crippen LogP contribution in [0.2, 0.25) is 0 Å². The lowest BCUT2D eigenvalue weighted by molar-refractivity contribution is -0.114. The van der Waals surface area contributed by atoms with Gasteiger partial charge in [-0.3, -0.25) is 4.79 Å². The van der Waals surface area contributed by atoms with Crippen molar-refractivity contribution in [3.05, 3.63) is 83.4 Å². The van der Waals surface area contributed by atoms with E-state index in [0.717, 1.165) is 23.4 Å². The minimum Gasteiger partial charge on any atom is -0.492 e. The van der Waals surface area contributed by atoms with E-state index >= 15 is 0 Å². The first-order valence-corrected chi connectivity index (χ1v) is 10.2. The second kappa shape index (κ2) is 9.34. The molecule has 6 heteroatoms. The first kappa shape index (κ1) is 20.5. The van der Waals surface area contributed by atoms with Crippen LogP contribution in [-0.4, -0.2) is 25.2 Å². The predicted molar refractivity (Wildman–Crippen MR) is 119 cm³/mol. The molecule has 0 bridgehead atoms.